The molecule has 3 rings (SSSR count). The molecule has 0 saturated heterocycles. The highest BCUT2D eigenvalue weighted by atomic mass is 79.9. The van der Waals surface area contributed by atoms with Crippen LogP contribution in [-0.4, -0.2) is 40.8 Å². The normalized spacial score (nSPS) is 12.3. The lowest BCUT2D eigenvalue weighted by molar-refractivity contribution is 0.0993. The Morgan fingerprint density at radius 2 is 1.60 bits per heavy atom. The maximum atomic E-state index is 12.8. The van der Waals surface area contributed by atoms with Gasteiger partial charge in [0.25, 0.3) is 5.91 Å². The summed E-state index contributed by atoms with van der Waals surface area (Å²) in [6, 6.07) is 12.8. The lowest BCUT2D eigenvalue weighted by atomic mass is 10.2. The second kappa shape index (κ2) is 8.86. The Morgan fingerprint density at radius 3 is 2.23 bits per heavy atom. The molecule has 0 aliphatic carbocycles. The number of aromatic nitrogens is 1. The van der Waals surface area contributed by atoms with Crippen LogP contribution >= 0.6 is 15.9 Å². The van der Waals surface area contributed by atoms with Crippen LogP contribution in [0.5, 0.6) is 0 Å². The number of carbonyl (C=O) groups is 1. The lowest BCUT2D eigenvalue weighted by Crippen LogP contribution is -2.31. The highest BCUT2D eigenvalue weighted by Gasteiger charge is 2.27. The number of hydrogen-bond acceptors (Lipinski definition) is 5. The molecule has 1 heterocycles. The number of primary amides is 1. The minimum absolute atomic E-state index is 0.0296. The number of hydrogen-bond donors (Lipinski definition) is 4. The molecule has 0 fully saturated rings. The summed E-state index contributed by atoms with van der Waals surface area (Å²) in [5.74, 6) is -0.904. The zero-order valence-corrected chi connectivity index (χ0v) is 18.8. The molecule has 0 saturated carbocycles. The van der Waals surface area contributed by atoms with Gasteiger partial charge in [-0.3, -0.25) is 4.79 Å². The van der Waals surface area contributed by atoms with Crippen LogP contribution in [-0.2, 0) is 20.0 Å². The number of benzene rings is 2. The van der Waals surface area contributed by atoms with E-state index in [1.165, 1.54) is 12.1 Å². The van der Waals surface area contributed by atoms with E-state index in [9.17, 15) is 21.6 Å². The van der Waals surface area contributed by atoms with Gasteiger partial charge in [0.15, 0.2) is 0 Å². The fourth-order valence-electron chi connectivity index (χ4n) is 2.85. The molecular formula is C18H19BrN4O5S2. The summed E-state index contributed by atoms with van der Waals surface area (Å²) in [6.07, 6.45) is 0.198. The predicted octanol–water partition coefficient (Wildman–Crippen LogP) is 1.68. The Balaban J connectivity index is 1.70. The van der Waals surface area contributed by atoms with Crippen molar-refractivity contribution in [3.05, 3.63) is 58.7 Å². The Hall–Kier alpha value is -2.25. The van der Waals surface area contributed by atoms with E-state index in [4.69, 9.17) is 5.73 Å². The minimum Gasteiger partial charge on any atom is -0.364 e. The van der Waals surface area contributed by atoms with Crippen molar-refractivity contribution in [2.75, 3.05) is 13.1 Å². The topological polar surface area (TPSA) is 151 Å². The molecule has 12 heteroatoms. The summed E-state index contributed by atoms with van der Waals surface area (Å²) in [5, 5.41) is 0.315. The Morgan fingerprint density at radius 1 is 0.967 bits per heavy atom. The van der Waals surface area contributed by atoms with Crippen LogP contribution in [0, 0.1) is 0 Å². The van der Waals surface area contributed by atoms with Gasteiger partial charge in [0, 0.05) is 28.5 Å². The molecule has 0 spiro atoms. The van der Waals surface area contributed by atoms with Crippen molar-refractivity contribution in [2.24, 2.45) is 5.73 Å². The number of rotatable bonds is 9. The van der Waals surface area contributed by atoms with E-state index < -0.39 is 26.0 Å². The van der Waals surface area contributed by atoms with E-state index in [0.717, 1.165) is 0 Å². The number of aromatic amines is 1. The molecule has 0 unspecified atom stereocenters. The fourth-order valence-corrected chi connectivity index (χ4v) is 5.74. The zero-order valence-electron chi connectivity index (χ0n) is 15.6. The number of amides is 1. The number of sulfonamides is 2. The van der Waals surface area contributed by atoms with E-state index in [-0.39, 0.29) is 35.0 Å². The van der Waals surface area contributed by atoms with Gasteiger partial charge in [-0.05, 0) is 36.8 Å². The molecular weight excluding hydrogens is 496 g/mol. The third kappa shape index (κ3) is 4.90. The summed E-state index contributed by atoms with van der Waals surface area (Å²) < 4.78 is 55.4. The van der Waals surface area contributed by atoms with Gasteiger partial charge in [-0.1, -0.05) is 34.1 Å². The van der Waals surface area contributed by atoms with Crippen LogP contribution in [0.25, 0.3) is 10.9 Å². The molecule has 1 amide bonds. The number of nitrogens with two attached hydrogens (primary N) is 1. The van der Waals surface area contributed by atoms with Crippen LogP contribution < -0.4 is 15.2 Å². The number of nitrogens with one attached hydrogen (secondary N) is 3. The number of halogens is 1. The number of H-pyrrole nitrogens is 1. The summed E-state index contributed by atoms with van der Waals surface area (Å²) in [7, 11) is -7.75. The molecule has 0 bridgehead atoms. The smallest absolute Gasteiger partial charge is 0.266 e. The molecule has 0 radical (unpaired) electrons. The first-order valence-electron chi connectivity index (χ1n) is 8.77. The summed E-state index contributed by atoms with van der Waals surface area (Å²) in [4.78, 5) is 14.4. The van der Waals surface area contributed by atoms with Gasteiger partial charge in [-0.25, -0.2) is 26.3 Å². The minimum atomic E-state index is -4.08. The third-order valence-corrected chi connectivity index (χ3v) is 7.74. The van der Waals surface area contributed by atoms with Gasteiger partial charge >= 0.3 is 0 Å². The Kier molecular flexibility index (Phi) is 6.62. The van der Waals surface area contributed by atoms with Crippen LogP contribution in [0.1, 0.15) is 16.9 Å². The monoisotopic (exact) mass is 514 g/mol. The fraction of sp³-hybridized carbons (Fsp3) is 0.167. The first-order valence-corrected chi connectivity index (χ1v) is 12.5. The number of fused-ring (bicyclic) bond motifs is 1. The maximum Gasteiger partial charge on any atom is 0.266 e. The molecule has 1 aromatic heterocycles. The van der Waals surface area contributed by atoms with E-state index in [1.807, 2.05) is 0 Å². The standard InChI is InChI=1S/C18H19BrN4O5S2/c19-12-7-8-15-14(11-12)17(16(23-15)18(20)24)30(27,28)22-10-4-9-21-29(25,26)13-5-2-1-3-6-13/h1-3,5-8,11,21-23H,4,9-10H2,(H2,20,24). The summed E-state index contributed by atoms with van der Waals surface area (Å²) in [6.45, 7) is -0.0135. The van der Waals surface area contributed by atoms with Gasteiger partial charge in [0.2, 0.25) is 20.0 Å². The van der Waals surface area contributed by atoms with Crippen molar-refractivity contribution in [3.8, 4) is 0 Å². The molecule has 160 valence electrons. The van der Waals surface area contributed by atoms with Crippen molar-refractivity contribution < 1.29 is 21.6 Å². The van der Waals surface area contributed by atoms with Gasteiger partial charge in [-0.15, -0.1) is 0 Å². The summed E-state index contributed by atoms with van der Waals surface area (Å²) >= 11 is 3.28. The maximum absolute atomic E-state index is 12.8. The highest BCUT2D eigenvalue weighted by molar-refractivity contribution is 9.10. The predicted molar refractivity (Wildman–Crippen MR) is 116 cm³/mol. The van der Waals surface area contributed by atoms with E-state index in [2.05, 4.69) is 30.4 Å². The van der Waals surface area contributed by atoms with Crippen molar-refractivity contribution >= 4 is 52.8 Å². The molecule has 0 aliphatic heterocycles. The molecule has 9 nitrogen and oxygen atoms in total. The zero-order chi connectivity index (χ0) is 21.9. The lowest BCUT2D eigenvalue weighted by Gasteiger charge is -2.09. The molecule has 3 aromatic rings. The van der Waals surface area contributed by atoms with E-state index in [0.29, 0.717) is 15.4 Å². The molecule has 30 heavy (non-hydrogen) atoms. The molecule has 0 atom stereocenters. The van der Waals surface area contributed by atoms with Crippen LogP contribution in [0.3, 0.4) is 0 Å². The van der Waals surface area contributed by atoms with Crippen molar-refractivity contribution in [1.82, 2.24) is 14.4 Å². The van der Waals surface area contributed by atoms with Crippen molar-refractivity contribution in [1.29, 1.82) is 0 Å². The van der Waals surface area contributed by atoms with Gasteiger partial charge in [0.1, 0.15) is 10.6 Å². The third-order valence-electron chi connectivity index (χ3n) is 4.22. The largest absolute Gasteiger partial charge is 0.364 e. The van der Waals surface area contributed by atoms with Crippen LogP contribution in [0.2, 0.25) is 0 Å². The van der Waals surface area contributed by atoms with Crippen molar-refractivity contribution in [2.45, 2.75) is 16.2 Å². The molecule has 0 aliphatic rings. The SMILES string of the molecule is NC(=O)c1[nH]c2ccc(Br)cc2c1S(=O)(=O)NCCCNS(=O)(=O)c1ccccc1. The first-order chi connectivity index (χ1) is 14.1. The average Bonchev–Trinajstić information content (AvgIpc) is 3.08. The van der Waals surface area contributed by atoms with Crippen molar-refractivity contribution in [3.63, 3.8) is 0 Å². The van der Waals surface area contributed by atoms with Crippen LogP contribution in [0.15, 0.2) is 62.8 Å². The summed E-state index contributed by atoms with van der Waals surface area (Å²) in [5.41, 5.74) is 5.57. The van der Waals surface area contributed by atoms with Gasteiger partial charge in [-0.2, -0.15) is 0 Å². The molecule has 5 N–H and O–H groups in total. The quantitative estimate of drug-likeness (QED) is 0.320. The van der Waals surface area contributed by atoms with Crippen LogP contribution in [0.4, 0.5) is 0 Å². The van der Waals surface area contributed by atoms with Gasteiger partial charge < -0.3 is 10.7 Å². The van der Waals surface area contributed by atoms with E-state index >= 15 is 0 Å². The van der Waals surface area contributed by atoms with E-state index in [1.54, 1.807) is 36.4 Å². The second-order valence-electron chi connectivity index (χ2n) is 6.35. The Bertz CT molecular complexity index is 1290. The number of carbonyl (C=O) groups excluding carboxylic acids is 1. The first kappa shape index (κ1) is 22.4. The Labute approximate surface area is 182 Å². The van der Waals surface area contributed by atoms with Gasteiger partial charge in [0.05, 0.1) is 4.90 Å². The highest BCUT2D eigenvalue weighted by Crippen LogP contribution is 2.29. The molecule has 2 aromatic carbocycles. The average molecular weight is 515 g/mol. The second-order valence-corrected chi connectivity index (χ2v) is 10.7.